The molecule has 10 atom stereocenters. The fourth-order valence-electron chi connectivity index (χ4n) is 11.0. The van der Waals surface area contributed by atoms with E-state index in [4.69, 9.17) is 9.47 Å². The number of carbonyl (C=O) groups excluding carboxylic acids is 6. The number of likely N-dealkylation sites (tertiary alicyclic amines) is 2. The first-order valence-corrected chi connectivity index (χ1v) is 26.7. The molecule has 0 saturated carbocycles. The number of nitrogens with one attached hydrogen (secondary N) is 6. The van der Waals surface area contributed by atoms with E-state index < -0.39 is 36.3 Å². The zero-order chi connectivity index (χ0) is 51.3. The van der Waals surface area contributed by atoms with Crippen LogP contribution in [0.25, 0.3) is 0 Å². The molecule has 2 aliphatic carbocycles. The van der Waals surface area contributed by atoms with Crippen LogP contribution in [0.3, 0.4) is 0 Å². The van der Waals surface area contributed by atoms with E-state index in [9.17, 15) is 28.8 Å². The molecule has 0 aromatic heterocycles. The van der Waals surface area contributed by atoms with Gasteiger partial charge in [-0.05, 0) is 115 Å². The molecule has 3 aliphatic heterocycles. The normalized spacial score (nSPS) is 25.1. The van der Waals surface area contributed by atoms with Crippen molar-refractivity contribution in [1.29, 1.82) is 0 Å². The first-order valence-electron chi connectivity index (χ1n) is 26.7. The standard InChI is InChI=1S/C54H82N10O8/c1-35(55-5)49(65)57-37(3)53(69)63-33-41(31-47(63)51(67)59-45-21-11-17-39-15-7-9-19-43(39)45)71-29-13-23-61-25-27-62(28-26-61)24-14-30-72-42-32-48(64(34-42)54(70)38(4)58-50(66)36(2)56-6)52(68)60-46-22-12-18-40-16-8-10-20-44(40)46/h7-10,15-16,19-20,35-38,41-42,45-48,55-56H,11-14,17-18,21-34H2,1-6H3,(H,57,65)(H,58,66)(H,59,67)(H,60,68)/t35-,36-,37-,38-,41-,42-,45+,46+,47-,48-/m0/s1. The van der Waals surface area contributed by atoms with Gasteiger partial charge in [-0.25, -0.2) is 0 Å². The Balaban J connectivity index is 0.840. The predicted octanol–water partition coefficient (Wildman–Crippen LogP) is 1.97. The quantitative estimate of drug-likeness (QED) is 0.0938. The van der Waals surface area contributed by atoms with Gasteiger partial charge in [-0.1, -0.05) is 48.5 Å². The number of nitrogens with zero attached hydrogens (tertiary/aromatic N) is 4. The molecule has 18 nitrogen and oxygen atoms in total. The van der Waals surface area contributed by atoms with Gasteiger partial charge in [0.25, 0.3) is 0 Å². The third-order valence-corrected chi connectivity index (χ3v) is 15.6. The summed E-state index contributed by atoms with van der Waals surface area (Å²) in [6.45, 7) is 13.8. The molecule has 396 valence electrons. The Kier molecular flexibility index (Phi) is 20.0. The van der Waals surface area contributed by atoms with Crippen LogP contribution in [-0.4, -0.2) is 183 Å². The Morgan fingerprint density at radius 1 is 0.569 bits per heavy atom. The molecular weight excluding hydrogens is 917 g/mol. The second-order valence-electron chi connectivity index (χ2n) is 20.6. The number of amides is 6. The van der Waals surface area contributed by atoms with Crippen molar-refractivity contribution in [2.75, 3.05) is 79.7 Å². The third kappa shape index (κ3) is 14.2. The molecule has 0 unspecified atom stereocenters. The highest BCUT2D eigenvalue weighted by Crippen LogP contribution is 2.32. The number of fused-ring (bicyclic) bond motifs is 2. The van der Waals surface area contributed by atoms with Crippen LogP contribution in [0.2, 0.25) is 0 Å². The monoisotopic (exact) mass is 999 g/mol. The molecule has 72 heavy (non-hydrogen) atoms. The van der Waals surface area contributed by atoms with Crippen molar-refractivity contribution >= 4 is 35.4 Å². The Hall–Kier alpha value is -4.98. The van der Waals surface area contributed by atoms with E-state index in [-0.39, 0.29) is 72.8 Å². The number of carbonyl (C=O) groups is 6. The molecule has 0 radical (unpaired) electrons. The number of piperazine rings is 1. The zero-order valence-electron chi connectivity index (χ0n) is 43.6. The van der Waals surface area contributed by atoms with Crippen molar-refractivity contribution in [3.05, 3.63) is 70.8 Å². The maximum atomic E-state index is 14.0. The molecule has 7 rings (SSSR count). The smallest absolute Gasteiger partial charge is 0.245 e. The van der Waals surface area contributed by atoms with Crippen LogP contribution in [0, 0.1) is 0 Å². The summed E-state index contributed by atoms with van der Waals surface area (Å²) in [5.74, 6) is -1.55. The second kappa shape index (κ2) is 26.3. The van der Waals surface area contributed by atoms with Gasteiger partial charge in [0.1, 0.15) is 24.2 Å². The Morgan fingerprint density at radius 3 is 1.35 bits per heavy atom. The van der Waals surface area contributed by atoms with Gasteiger partial charge in [0.15, 0.2) is 0 Å². The van der Waals surface area contributed by atoms with Crippen LogP contribution in [0.15, 0.2) is 48.5 Å². The van der Waals surface area contributed by atoms with E-state index in [1.807, 2.05) is 24.3 Å². The minimum atomic E-state index is -0.804. The van der Waals surface area contributed by atoms with Crippen molar-refractivity contribution in [2.45, 2.75) is 152 Å². The van der Waals surface area contributed by atoms with E-state index in [0.717, 1.165) is 102 Å². The minimum Gasteiger partial charge on any atom is -0.376 e. The molecular formula is C54H82N10O8. The highest BCUT2D eigenvalue weighted by molar-refractivity contribution is 5.94. The summed E-state index contributed by atoms with van der Waals surface area (Å²) in [7, 11) is 3.38. The number of rotatable bonds is 22. The largest absolute Gasteiger partial charge is 0.376 e. The summed E-state index contributed by atoms with van der Waals surface area (Å²) in [5, 5.41) is 18.0. The van der Waals surface area contributed by atoms with Crippen LogP contribution in [0.5, 0.6) is 0 Å². The lowest BCUT2D eigenvalue weighted by Gasteiger charge is -2.34. The summed E-state index contributed by atoms with van der Waals surface area (Å²) >= 11 is 0. The summed E-state index contributed by atoms with van der Waals surface area (Å²) in [6, 6.07) is 12.3. The van der Waals surface area contributed by atoms with Gasteiger partial charge >= 0.3 is 0 Å². The van der Waals surface area contributed by atoms with Crippen molar-refractivity contribution < 1.29 is 38.2 Å². The van der Waals surface area contributed by atoms with E-state index in [1.54, 1.807) is 51.6 Å². The number of hydrogen-bond acceptors (Lipinski definition) is 12. The molecule has 6 N–H and O–H groups in total. The van der Waals surface area contributed by atoms with Crippen molar-refractivity contribution in [2.24, 2.45) is 0 Å². The average molecular weight is 999 g/mol. The van der Waals surface area contributed by atoms with Gasteiger partial charge in [0, 0.05) is 78.4 Å². The first-order chi connectivity index (χ1) is 34.7. The van der Waals surface area contributed by atoms with Crippen LogP contribution < -0.4 is 31.9 Å². The lowest BCUT2D eigenvalue weighted by molar-refractivity contribution is -0.141. The fourth-order valence-corrected chi connectivity index (χ4v) is 11.0. The summed E-state index contributed by atoms with van der Waals surface area (Å²) in [5.41, 5.74) is 4.75. The highest BCUT2D eigenvalue weighted by atomic mass is 16.5. The Bertz CT molecular complexity index is 2020. The molecule has 5 aliphatic rings. The zero-order valence-corrected chi connectivity index (χ0v) is 43.6. The third-order valence-electron chi connectivity index (χ3n) is 15.6. The van der Waals surface area contributed by atoms with Gasteiger partial charge in [-0.2, -0.15) is 0 Å². The fraction of sp³-hybridized carbons (Fsp3) is 0.667. The van der Waals surface area contributed by atoms with E-state index in [1.165, 1.54) is 11.1 Å². The average Bonchev–Trinajstić information content (AvgIpc) is 4.03. The lowest BCUT2D eigenvalue weighted by Crippen LogP contribution is -2.54. The lowest BCUT2D eigenvalue weighted by atomic mass is 9.87. The number of aryl methyl sites for hydroxylation is 2. The van der Waals surface area contributed by atoms with Crippen LogP contribution in [0.1, 0.15) is 113 Å². The molecule has 0 bridgehead atoms. The molecule has 3 fully saturated rings. The number of ether oxygens (including phenoxy) is 2. The van der Waals surface area contributed by atoms with Crippen molar-refractivity contribution in [3.63, 3.8) is 0 Å². The van der Waals surface area contributed by atoms with Gasteiger partial charge in [-0.15, -0.1) is 0 Å². The van der Waals surface area contributed by atoms with Gasteiger partial charge in [-0.3, -0.25) is 28.8 Å². The second-order valence-corrected chi connectivity index (χ2v) is 20.6. The highest BCUT2D eigenvalue weighted by Gasteiger charge is 2.44. The summed E-state index contributed by atoms with van der Waals surface area (Å²) < 4.78 is 12.8. The first kappa shape index (κ1) is 54.8. The SMILES string of the molecule is CN[C@@H](C)C(=O)N[C@@H](C)C(=O)N1C[C@@H](OCCCN2CCN(CCCO[C@H]3C[C@@H](C(=O)N[C@@H]4CCCc5ccccc54)N(C(=O)[C@H](C)NC(=O)[C@H](C)NC)C3)CC2)C[C@H]1C(=O)N[C@@H]1CCCc2ccccc21. The molecule has 3 heterocycles. The summed E-state index contributed by atoms with van der Waals surface area (Å²) in [6.07, 6.45) is 7.40. The Labute approximate surface area is 426 Å². The van der Waals surface area contributed by atoms with E-state index in [0.29, 0.717) is 26.1 Å². The molecule has 6 amide bonds. The van der Waals surface area contributed by atoms with Crippen LogP contribution >= 0.6 is 0 Å². The molecule has 2 aromatic carbocycles. The number of benzene rings is 2. The topological polar surface area (TPSA) is 206 Å². The minimum absolute atomic E-state index is 0.117. The van der Waals surface area contributed by atoms with Crippen LogP contribution in [-0.2, 0) is 51.1 Å². The van der Waals surface area contributed by atoms with E-state index in [2.05, 4.69) is 66.0 Å². The Morgan fingerprint density at radius 2 is 0.958 bits per heavy atom. The molecule has 3 saturated heterocycles. The van der Waals surface area contributed by atoms with Gasteiger partial charge in [0.05, 0.1) is 36.4 Å². The maximum Gasteiger partial charge on any atom is 0.245 e. The van der Waals surface area contributed by atoms with Gasteiger partial charge < -0.3 is 61.0 Å². The molecule has 0 spiro atoms. The van der Waals surface area contributed by atoms with Gasteiger partial charge in [0.2, 0.25) is 35.4 Å². The summed E-state index contributed by atoms with van der Waals surface area (Å²) in [4.78, 5) is 89.2. The molecule has 18 heteroatoms. The van der Waals surface area contributed by atoms with Crippen molar-refractivity contribution in [1.82, 2.24) is 51.5 Å². The van der Waals surface area contributed by atoms with E-state index >= 15 is 0 Å². The van der Waals surface area contributed by atoms with Crippen LogP contribution in [0.4, 0.5) is 0 Å². The maximum absolute atomic E-state index is 14.0. The number of likely N-dealkylation sites (N-methyl/N-ethyl adjacent to an activating group) is 2. The predicted molar refractivity (Wildman–Crippen MR) is 275 cm³/mol. The van der Waals surface area contributed by atoms with Crippen molar-refractivity contribution in [3.8, 4) is 0 Å². The molecule has 2 aromatic rings. The number of hydrogen-bond donors (Lipinski definition) is 6.